The van der Waals surface area contributed by atoms with Crippen LogP contribution in [-0.2, 0) is 9.59 Å². The largest absolute Gasteiger partial charge is 0.482 e. The van der Waals surface area contributed by atoms with Gasteiger partial charge in [-0.15, -0.1) is 0 Å². The number of nitrogens with zero attached hydrogens (tertiary/aromatic N) is 1. The number of benzene rings is 3. The molecule has 0 spiro atoms. The molecule has 0 saturated heterocycles. The summed E-state index contributed by atoms with van der Waals surface area (Å²) in [7, 11) is 0. The highest BCUT2D eigenvalue weighted by molar-refractivity contribution is 5.91. The van der Waals surface area contributed by atoms with Crippen molar-refractivity contribution in [1.29, 1.82) is 0 Å². The summed E-state index contributed by atoms with van der Waals surface area (Å²) in [4.78, 5) is 25.3. The first-order valence-corrected chi connectivity index (χ1v) is 9.63. The lowest BCUT2D eigenvalue weighted by Crippen LogP contribution is -2.09. The van der Waals surface area contributed by atoms with E-state index < -0.39 is 25.2 Å². The van der Waals surface area contributed by atoms with Gasteiger partial charge in [-0.3, -0.25) is 4.99 Å². The van der Waals surface area contributed by atoms with Gasteiger partial charge in [-0.25, -0.2) is 9.59 Å². The lowest BCUT2D eigenvalue weighted by molar-refractivity contribution is -0.140. The molecule has 2 N–H and O–H groups in total. The first kappa shape index (κ1) is 22.3. The standard InChI is InChI=1S/C25H21NO6/c1-26-20-8-2-17(3-9-20)14-23(18-4-10-21(11-5-18)31-15-24(27)28)19-6-12-22(13-7-19)32-16-25(29)30/h2-14H,1,15-16H2,(H,27,28)(H,29,30). The van der Waals surface area contributed by atoms with Gasteiger partial charge in [0.1, 0.15) is 11.5 Å². The summed E-state index contributed by atoms with van der Waals surface area (Å²) in [6, 6.07) is 21.8. The van der Waals surface area contributed by atoms with Gasteiger partial charge in [0.15, 0.2) is 13.2 Å². The first-order chi connectivity index (χ1) is 15.4. The highest BCUT2D eigenvalue weighted by Gasteiger charge is 2.08. The third kappa shape index (κ3) is 6.30. The van der Waals surface area contributed by atoms with Crippen molar-refractivity contribution in [2.24, 2.45) is 4.99 Å². The van der Waals surface area contributed by atoms with Crippen LogP contribution in [0.2, 0.25) is 0 Å². The van der Waals surface area contributed by atoms with E-state index in [4.69, 9.17) is 19.7 Å². The average molecular weight is 431 g/mol. The van der Waals surface area contributed by atoms with Crippen LogP contribution in [0.1, 0.15) is 16.7 Å². The molecule has 162 valence electrons. The molecular weight excluding hydrogens is 410 g/mol. The van der Waals surface area contributed by atoms with E-state index in [1.807, 2.05) is 54.6 Å². The third-order valence-electron chi connectivity index (χ3n) is 4.44. The molecule has 0 amide bonds. The van der Waals surface area contributed by atoms with Crippen LogP contribution >= 0.6 is 0 Å². The molecule has 0 aliphatic heterocycles. The van der Waals surface area contributed by atoms with Gasteiger partial charge in [-0.1, -0.05) is 36.4 Å². The molecular formula is C25H21NO6. The molecule has 3 rings (SSSR count). The molecule has 3 aromatic rings. The van der Waals surface area contributed by atoms with Crippen molar-refractivity contribution in [3.8, 4) is 11.5 Å². The quantitative estimate of drug-likeness (QED) is 0.361. The van der Waals surface area contributed by atoms with Crippen molar-refractivity contribution in [1.82, 2.24) is 0 Å². The Morgan fingerprint density at radius 1 is 0.750 bits per heavy atom. The molecule has 0 aliphatic carbocycles. The summed E-state index contributed by atoms with van der Waals surface area (Å²) in [5, 5.41) is 17.5. The zero-order chi connectivity index (χ0) is 22.9. The van der Waals surface area contributed by atoms with Crippen LogP contribution in [0.4, 0.5) is 5.69 Å². The Labute approximate surface area is 184 Å². The fourth-order valence-electron chi connectivity index (χ4n) is 2.93. The van der Waals surface area contributed by atoms with Crippen LogP contribution in [0, 0.1) is 0 Å². The van der Waals surface area contributed by atoms with Crippen molar-refractivity contribution in [2.45, 2.75) is 0 Å². The SMILES string of the molecule is C=Nc1ccc(C=C(c2ccc(OCC(=O)O)cc2)c2ccc(OCC(=O)O)cc2)cc1. The van der Waals surface area contributed by atoms with Gasteiger partial charge in [-0.2, -0.15) is 0 Å². The normalized spacial score (nSPS) is 10.1. The maximum atomic E-state index is 10.7. The van der Waals surface area contributed by atoms with E-state index in [9.17, 15) is 9.59 Å². The number of carboxylic acid groups (broad SMARTS) is 2. The highest BCUT2D eigenvalue weighted by Crippen LogP contribution is 2.29. The number of aliphatic imine (C=N–C) groups is 1. The van der Waals surface area contributed by atoms with E-state index in [-0.39, 0.29) is 0 Å². The molecule has 0 heterocycles. The molecule has 0 radical (unpaired) electrons. The van der Waals surface area contributed by atoms with Crippen molar-refractivity contribution >= 4 is 36.0 Å². The van der Waals surface area contributed by atoms with Crippen LogP contribution in [0.5, 0.6) is 11.5 Å². The molecule has 0 unspecified atom stereocenters. The summed E-state index contributed by atoms with van der Waals surface area (Å²) in [5.41, 5.74) is 4.39. The molecule has 0 fully saturated rings. The number of aliphatic carboxylic acids is 2. The Morgan fingerprint density at radius 3 is 1.56 bits per heavy atom. The minimum absolute atomic E-state index is 0.413. The van der Waals surface area contributed by atoms with E-state index in [1.54, 1.807) is 24.3 Å². The number of hydrogen-bond donors (Lipinski definition) is 2. The molecule has 0 atom stereocenters. The lowest BCUT2D eigenvalue weighted by Gasteiger charge is -2.12. The van der Waals surface area contributed by atoms with E-state index in [2.05, 4.69) is 11.7 Å². The maximum absolute atomic E-state index is 10.7. The second kappa shape index (κ2) is 10.6. The van der Waals surface area contributed by atoms with Crippen LogP contribution < -0.4 is 9.47 Å². The monoisotopic (exact) mass is 431 g/mol. The van der Waals surface area contributed by atoms with Crippen molar-refractivity contribution in [3.05, 3.63) is 89.5 Å². The van der Waals surface area contributed by atoms with Crippen molar-refractivity contribution in [2.75, 3.05) is 13.2 Å². The number of carbonyl (C=O) groups is 2. The van der Waals surface area contributed by atoms with Gasteiger partial charge < -0.3 is 19.7 Å². The van der Waals surface area contributed by atoms with E-state index in [0.717, 1.165) is 28.0 Å². The number of rotatable bonds is 10. The van der Waals surface area contributed by atoms with Crippen molar-refractivity contribution < 1.29 is 29.3 Å². The van der Waals surface area contributed by atoms with Crippen LogP contribution in [0.15, 0.2) is 77.8 Å². The zero-order valence-corrected chi connectivity index (χ0v) is 17.1. The summed E-state index contributed by atoms with van der Waals surface area (Å²) < 4.78 is 10.4. The van der Waals surface area contributed by atoms with Crippen LogP contribution in [0.25, 0.3) is 11.6 Å². The predicted octanol–water partition coefficient (Wildman–Crippen LogP) is 4.53. The van der Waals surface area contributed by atoms with Gasteiger partial charge in [0.05, 0.1) is 5.69 Å². The maximum Gasteiger partial charge on any atom is 0.341 e. The summed E-state index contributed by atoms with van der Waals surface area (Å²) in [5.74, 6) is -1.18. The van der Waals surface area contributed by atoms with Gasteiger partial charge in [0.25, 0.3) is 0 Å². The van der Waals surface area contributed by atoms with Gasteiger partial charge in [0.2, 0.25) is 0 Å². The second-order valence-corrected chi connectivity index (χ2v) is 6.72. The topological polar surface area (TPSA) is 105 Å². The average Bonchev–Trinajstić information content (AvgIpc) is 2.81. The fourth-order valence-corrected chi connectivity index (χ4v) is 2.93. The molecule has 3 aromatic carbocycles. The Morgan fingerprint density at radius 2 is 1.19 bits per heavy atom. The number of carboxylic acids is 2. The lowest BCUT2D eigenvalue weighted by atomic mass is 9.95. The third-order valence-corrected chi connectivity index (χ3v) is 4.44. The second-order valence-electron chi connectivity index (χ2n) is 6.72. The van der Waals surface area contributed by atoms with Crippen LogP contribution in [0.3, 0.4) is 0 Å². The molecule has 0 aromatic heterocycles. The molecule has 0 bridgehead atoms. The highest BCUT2D eigenvalue weighted by atomic mass is 16.5. The van der Waals surface area contributed by atoms with E-state index >= 15 is 0 Å². The Hall–Kier alpha value is -4.39. The number of ether oxygens (including phenoxy) is 2. The Balaban J connectivity index is 1.94. The van der Waals surface area contributed by atoms with Gasteiger partial charge in [0, 0.05) is 0 Å². The summed E-state index contributed by atoms with van der Waals surface area (Å²) in [6.07, 6.45) is 2.01. The summed E-state index contributed by atoms with van der Waals surface area (Å²) >= 11 is 0. The molecule has 7 heteroatoms. The number of hydrogen-bond acceptors (Lipinski definition) is 5. The van der Waals surface area contributed by atoms with Gasteiger partial charge >= 0.3 is 11.9 Å². The smallest absolute Gasteiger partial charge is 0.341 e. The van der Waals surface area contributed by atoms with Crippen LogP contribution in [-0.4, -0.2) is 42.1 Å². The minimum atomic E-state index is -1.04. The molecule has 0 aliphatic rings. The Kier molecular flexibility index (Phi) is 7.37. The summed E-state index contributed by atoms with van der Waals surface area (Å²) in [6.45, 7) is 2.70. The minimum Gasteiger partial charge on any atom is -0.482 e. The Bertz CT molecular complexity index is 1050. The van der Waals surface area contributed by atoms with E-state index in [0.29, 0.717) is 11.5 Å². The molecule has 0 saturated carbocycles. The molecule has 32 heavy (non-hydrogen) atoms. The van der Waals surface area contributed by atoms with E-state index in [1.165, 1.54) is 0 Å². The van der Waals surface area contributed by atoms with Crippen molar-refractivity contribution in [3.63, 3.8) is 0 Å². The predicted molar refractivity (Wildman–Crippen MR) is 122 cm³/mol. The van der Waals surface area contributed by atoms with Gasteiger partial charge in [-0.05, 0) is 71.5 Å². The molecule has 7 nitrogen and oxygen atoms in total. The fraction of sp³-hybridized carbons (Fsp3) is 0.0800. The first-order valence-electron chi connectivity index (χ1n) is 9.63. The zero-order valence-electron chi connectivity index (χ0n) is 17.1.